The number of thiol groups is 1. The number of ether oxygens (including phenoxy) is 1. The first-order valence-corrected chi connectivity index (χ1v) is 7.32. The van der Waals surface area contributed by atoms with Crippen LogP contribution in [0.4, 0.5) is 0 Å². The maximum Gasteiger partial charge on any atom is 0.223 e. The summed E-state index contributed by atoms with van der Waals surface area (Å²) in [7, 11) is 0. The minimum absolute atomic E-state index is 0.226. The van der Waals surface area contributed by atoms with Gasteiger partial charge < -0.3 is 9.64 Å². The van der Waals surface area contributed by atoms with Gasteiger partial charge in [-0.1, -0.05) is 0 Å². The van der Waals surface area contributed by atoms with E-state index in [1.165, 1.54) is 12.8 Å². The first kappa shape index (κ1) is 13.2. The molecule has 0 aromatic rings. The molecule has 2 rings (SSSR count). The second-order valence-electron chi connectivity index (χ2n) is 5.40. The molecule has 1 saturated carbocycles. The lowest BCUT2D eigenvalue weighted by molar-refractivity contribution is -0.133. The highest BCUT2D eigenvalue weighted by Gasteiger charge is 2.43. The van der Waals surface area contributed by atoms with E-state index in [1.807, 2.05) is 11.8 Å². The molecule has 1 atom stereocenters. The summed E-state index contributed by atoms with van der Waals surface area (Å²) in [4.78, 5) is 14.2. The molecule has 17 heavy (non-hydrogen) atoms. The molecule has 0 aromatic carbocycles. The molecule has 1 unspecified atom stereocenters. The van der Waals surface area contributed by atoms with Gasteiger partial charge in [0.15, 0.2) is 0 Å². The van der Waals surface area contributed by atoms with E-state index in [0.29, 0.717) is 6.42 Å². The number of carbonyl (C=O) groups excluding carboxylic acids is 1. The molecule has 0 aromatic heterocycles. The molecule has 0 radical (unpaired) electrons. The highest BCUT2D eigenvalue weighted by atomic mass is 32.1. The molecule has 1 aliphatic carbocycles. The van der Waals surface area contributed by atoms with E-state index < -0.39 is 0 Å². The van der Waals surface area contributed by atoms with Crippen LogP contribution in [0.25, 0.3) is 0 Å². The normalized spacial score (nSPS) is 25.9. The summed E-state index contributed by atoms with van der Waals surface area (Å²) in [5.41, 5.74) is 0.226. The molecular weight excluding hydrogens is 234 g/mol. The molecule has 0 N–H and O–H groups in total. The third-order valence-electron chi connectivity index (χ3n) is 4.00. The Kier molecular flexibility index (Phi) is 4.36. The van der Waals surface area contributed by atoms with Crippen molar-refractivity contribution >= 4 is 18.5 Å². The van der Waals surface area contributed by atoms with Gasteiger partial charge in [0.25, 0.3) is 0 Å². The molecule has 0 spiro atoms. The van der Waals surface area contributed by atoms with Gasteiger partial charge in [-0.05, 0) is 43.8 Å². The molecule has 2 fully saturated rings. The van der Waals surface area contributed by atoms with Crippen molar-refractivity contribution in [3.8, 4) is 0 Å². The maximum atomic E-state index is 12.2. The zero-order valence-corrected chi connectivity index (χ0v) is 11.5. The Bertz CT molecular complexity index is 273. The van der Waals surface area contributed by atoms with Gasteiger partial charge in [-0.15, -0.1) is 0 Å². The quantitative estimate of drug-likeness (QED) is 0.739. The monoisotopic (exact) mass is 257 g/mol. The Labute approximate surface area is 109 Å². The lowest BCUT2D eigenvalue weighted by Gasteiger charge is -2.25. The van der Waals surface area contributed by atoms with Gasteiger partial charge in [0, 0.05) is 26.1 Å². The van der Waals surface area contributed by atoms with E-state index in [4.69, 9.17) is 4.74 Å². The van der Waals surface area contributed by atoms with Gasteiger partial charge in [-0.3, -0.25) is 4.79 Å². The van der Waals surface area contributed by atoms with E-state index in [2.05, 4.69) is 12.6 Å². The third-order valence-corrected chi connectivity index (χ3v) is 4.67. The number of nitrogens with zero attached hydrogens (tertiary/aromatic N) is 1. The number of rotatable bonds is 6. The Balaban J connectivity index is 1.82. The van der Waals surface area contributed by atoms with Crippen LogP contribution in [0.5, 0.6) is 0 Å². The third kappa shape index (κ3) is 3.38. The fraction of sp³-hybridized carbons (Fsp3) is 0.923. The first-order chi connectivity index (χ1) is 8.19. The van der Waals surface area contributed by atoms with Crippen molar-refractivity contribution < 1.29 is 9.53 Å². The standard InChI is InChI=1S/C13H23NO2S/c1-2-14(9-11-4-3-7-16-11)12(15)8-13(10-17)5-6-13/h11,17H,2-10H2,1H3. The lowest BCUT2D eigenvalue weighted by atomic mass is 10.0. The molecule has 0 bridgehead atoms. The van der Waals surface area contributed by atoms with Crippen molar-refractivity contribution in [3.05, 3.63) is 0 Å². The summed E-state index contributed by atoms with van der Waals surface area (Å²) in [6, 6.07) is 0. The van der Waals surface area contributed by atoms with Gasteiger partial charge >= 0.3 is 0 Å². The Morgan fingerprint density at radius 3 is 2.76 bits per heavy atom. The van der Waals surface area contributed by atoms with Crippen LogP contribution < -0.4 is 0 Å². The summed E-state index contributed by atoms with van der Waals surface area (Å²) in [5, 5.41) is 0. The van der Waals surface area contributed by atoms with Crippen molar-refractivity contribution in [2.75, 3.05) is 25.4 Å². The van der Waals surface area contributed by atoms with E-state index >= 15 is 0 Å². The SMILES string of the molecule is CCN(CC1CCCO1)C(=O)CC1(CS)CC1. The number of hydrogen-bond acceptors (Lipinski definition) is 3. The van der Waals surface area contributed by atoms with Crippen molar-refractivity contribution in [1.82, 2.24) is 4.90 Å². The van der Waals surface area contributed by atoms with Crippen LogP contribution in [0, 0.1) is 5.41 Å². The molecule has 3 nitrogen and oxygen atoms in total. The van der Waals surface area contributed by atoms with Crippen molar-refractivity contribution in [2.45, 2.75) is 45.1 Å². The molecule has 98 valence electrons. The second-order valence-corrected chi connectivity index (χ2v) is 5.72. The van der Waals surface area contributed by atoms with Crippen LogP contribution in [-0.4, -0.2) is 42.4 Å². The summed E-state index contributed by atoms with van der Waals surface area (Å²) in [5.74, 6) is 1.13. The molecule has 1 saturated heterocycles. The average Bonchev–Trinajstić information content (AvgIpc) is 2.91. The maximum absolute atomic E-state index is 12.2. The number of carbonyl (C=O) groups is 1. The predicted octanol–water partition coefficient (Wildman–Crippen LogP) is 2.11. The smallest absolute Gasteiger partial charge is 0.223 e. The topological polar surface area (TPSA) is 29.5 Å². The van der Waals surface area contributed by atoms with Crippen LogP contribution in [0.1, 0.15) is 39.0 Å². The van der Waals surface area contributed by atoms with E-state index in [1.54, 1.807) is 0 Å². The van der Waals surface area contributed by atoms with E-state index in [0.717, 1.165) is 38.3 Å². The Hall–Kier alpha value is -0.220. The largest absolute Gasteiger partial charge is 0.376 e. The second kappa shape index (κ2) is 5.61. The van der Waals surface area contributed by atoms with Crippen molar-refractivity contribution in [1.29, 1.82) is 0 Å². The summed E-state index contributed by atoms with van der Waals surface area (Å²) in [6.45, 7) is 4.48. The molecular formula is C13H23NO2S. The molecule has 4 heteroatoms. The van der Waals surface area contributed by atoms with Crippen LogP contribution in [0.2, 0.25) is 0 Å². The molecule has 1 aliphatic heterocycles. The van der Waals surface area contributed by atoms with Crippen LogP contribution in [0.3, 0.4) is 0 Å². The first-order valence-electron chi connectivity index (χ1n) is 6.69. The Morgan fingerprint density at radius 2 is 2.29 bits per heavy atom. The van der Waals surface area contributed by atoms with Crippen LogP contribution in [0.15, 0.2) is 0 Å². The summed E-state index contributed by atoms with van der Waals surface area (Å²) in [6.07, 6.45) is 5.51. The van der Waals surface area contributed by atoms with Gasteiger partial charge in [0.1, 0.15) is 0 Å². The van der Waals surface area contributed by atoms with E-state index in [-0.39, 0.29) is 17.4 Å². The van der Waals surface area contributed by atoms with Crippen molar-refractivity contribution in [2.24, 2.45) is 5.41 Å². The predicted molar refractivity (Wildman–Crippen MR) is 71.4 cm³/mol. The zero-order chi connectivity index (χ0) is 12.3. The summed E-state index contributed by atoms with van der Waals surface area (Å²) >= 11 is 4.36. The minimum Gasteiger partial charge on any atom is -0.376 e. The highest BCUT2D eigenvalue weighted by molar-refractivity contribution is 7.80. The Morgan fingerprint density at radius 1 is 1.53 bits per heavy atom. The zero-order valence-electron chi connectivity index (χ0n) is 10.7. The van der Waals surface area contributed by atoms with Crippen molar-refractivity contribution in [3.63, 3.8) is 0 Å². The number of hydrogen-bond donors (Lipinski definition) is 1. The fourth-order valence-corrected chi connectivity index (χ4v) is 2.87. The van der Waals surface area contributed by atoms with E-state index in [9.17, 15) is 4.79 Å². The molecule has 1 amide bonds. The summed E-state index contributed by atoms with van der Waals surface area (Å²) < 4.78 is 5.60. The fourth-order valence-electron chi connectivity index (χ4n) is 2.44. The van der Waals surface area contributed by atoms with Gasteiger partial charge in [-0.2, -0.15) is 12.6 Å². The van der Waals surface area contributed by atoms with Gasteiger partial charge in [0.2, 0.25) is 5.91 Å². The highest BCUT2D eigenvalue weighted by Crippen LogP contribution is 2.49. The van der Waals surface area contributed by atoms with Gasteiger partial charge in [-0.25, -0.2) is 0 Å². The molecule has 2 aliphatic rings. The number of amides is 1. The number of likely N-dealkylation sites (N-methyl/N-ethyl adjacent to an activating group) is 1. The van der Waals surface area contributed by atoms with Gasteiger partial charge in [0.05, 0.1) is 6.10 Å². The average molecular weight is 257 g/mol. The molecule has 1 heterocycles. The van der Waals surface area contributed by atoms with Crippen LogP contribution in [-0.2, 0) is 9.53 Å². The lowest BCUT2D eigenvalue weighted by Crippen LogP contribution is -2.38. The van der Waals surface area contributed by atoms with Crippen LogP contribution >= 0.6 is 12.6 Å². The minimum atomic E-state index is 0.226.